The van der Waals surface area contributed by atoms with Crippen molar-refractivity contribution in [3.63, 3.8) is 0 Å². The van der Waals surface area contributed by atoms with Gasteiger partial charge in [-0.25, -0.2) is 0 Å². The number of carbonyl (C=O) groups is 1. The van der Waals surface area contributed by atoms with Gasteiger partial charge < -0.3 is 0 Å². The highest BCUT2D eigenvalue weighted by atomic mass is 16.1. The Balaban J connectivity index is 2.01. The van der Waals surface area contributed by atoms with Gasteiger partial charge in [-0.2, -0.15) is 0 Å². The van der Waals surface area contributed by atoms with Gasteiger partial charge in [0.05, 0.1) is 0 Å². The maximum absolute atomic E-state index is 10.8. The summed E-state index contributed by atoms with van der Waals surface area (Å²) in [6.45, 7) is 0. The Morgan fingerprint density at radius 2 is 1.82 bits per heavy atom. The van der Waals surface area contributed by atoms with E-state index in [4.69, 9.17) is 0 Å². The first kappa shape index (κ1) is 6.84. The van der Waals surface area contributed by atoms with Crippen LogP contribution in [-0.2, 0) is 4.79 Å². The first-order valence-electron chi connectivity index (χ1n) is 4.26. The topological polar surface area (TPSA) is 17.1 Å². The van der Waals surface area contributed by atoms with E-state index in [2.05, 4.69) is 0 Å². The Labute approximate surface area is 66.8 Å². The molecule has 0 unspecified atom stereocenters. The molecule has 0 atom stereocenters. The largest absolute Gasteiger partial charge is 0.290 e. The van der Waals surface area contributed by atoms with Crippen LogP contribution in [0.3, 0.4) is 0 Å². The first-order chi connectivity index (χ1) is 5.36. The minimum Gasteiger partial charge on any atom is -0.290 e. The smallest absolute Gasteiger partial charge is 0.178 e. The Morgan fingerprint density at radius 3 is 2.27 bits per heavy atom. The van der Waals surface area contributed by atoms with Crippen molar-refractivity contribution in [2.24, 2.45) is 11.8 Å². The maximum Gasteiger partial charge on any atom is 0.178 e. The number of allylic oxidation sites excluding steroid dienone is 4. The normalized spacial score (nSPS) is 25.6. The van der Waals surface area contributed by atoms with Crippen LogP contribution >= 0.6 is 0 Å². The Kier molecular flexibility index (Phi) is 1.65. The molecule has 1 nitrogen and oxygen atoms in total. The van der Waals surface area contributed by atoms with Crippen LogP contribution in [0.2, 0.25) is 0 Å². The van der Waals surface area contributed by atoms with E-state index in [0.717, 1.165) is 5.92 Å². The van der Waals surface area contributed by atoms with Gasteiger partial charge in [0.15, 0.2) is 5.78 Å². The number of hydrogen-bond donors (Lipinski definition) is 0. The lowest BCUT2D eigenvalue weighted by Crippen LogP contribution is -2.20. The van der Waals surface area contributed by atoms with E-state index in [-0.39, 0.29) is 5.78 Å². The average Bonchev–Trinajstić information content (AvgIpc) is 1.90. The Hall–Kier alpha value is -0.850. The van der Waals surface area contributed by atoms with Gasteiger partial charge in [0.2, 0.25) is 0 Å². The monoisotopic (exact) mass is 148 g/mol. The van der Waals surface area contributed by atoms with Crippen molar-refractivity contribution in [2.45, 2.75) is 19.3 Å². The third-order valence-electron chi connectivity index (χ3n) is 2.66. The summed E-state index contributed by atoms with van der Waals surface area (Å²) in [5, 5.41) is 0. The standard InChI is InChI=1S/C10H12O/c11-10-6-4-9(5-7-10)8-2-1-3-8/h4-9H,1-3H2. The zero-order chi connectivity index (χ0) is 7.68. The van der Waals surface area contributed by atoms with Crippen molar-refractivity contribution in [1.82, 2.24) is 0 Å². The van der Waals surface area contributed by atoms with Crippen LogP contribution in [0, 0.1) is 11.8 Å². The molecule has 0 aliphatic heterocycles. The second-order valence-corrected chi connectivity index (χ2v) is 3.39. The summed E-state index contributed by atoms with van der Waals surface area (Å²) in [4.78, 5) is 10.8. The molecular weight excluding hydrogens is 136 g/mol. The van der Waals surface area contributed by atoms with E-state index >= 15 is 0 Å². The minimum absolute atomic E-state index is 0.139. The molecule has 0 radical (unpaired) electrons. The van der Waals surface area contributed by atoms with E-state index in [1.54, 1.807) is 12.2 Å². The number of carbonyl (C=O) groups excluding carboxylic acids is 1. The highest BCUT2D eigenvalue weighted by molar-refractivity contribution is 6.00. The summed E-state index contributed by atoms with van der Waals surface area (Å²) in [6.07, 6.45) is 11.5. The van der Waals surface area contributed by atoms with E-state index in [1.807, 2.05) is 12.2 Å². The van der Waals surface area contributed by atoms with Gasteiger partial charge >= 0.3 is 0 Å². The van der Waals surface area contributed by atoms with Crippen molar-refractivity contribution < 1.29 is 4.79 Å². The van der Waals surface area contributed by atoms with Crippen molar-refractivity contribution in [1.29, 1.82) is 0 Å². The highest BCUT2D eigenvalue weighted by Crippen LogP contribution is 2.35. The van der Waals surface area contributed by atoms with E-state index in [1.165, 1.54) is 19.3 Å². The molecule has 0 spiro atoms. The van der Waals surface area contributed by atoms with Crippen LogP contribution in [-0.4, -0.2) is 5.78 Å². The van der Waals surface area contributed by atoms with E-state index in [0.29, 0.717) is 5.92 Å². The minimum atomic E-state index is 0.139. The van der Waals surface area contributed by atoms with Gasteiger partial charge in [-0.05, 0) is 36.8 Å². The third-order valence-corrected chi connectivity index (χ3v) is 2.66. The van der Waals surface area contributed by atoms with Crippen LogP contribution in [0.15, 0.2) is 24.3 Å². The molecule has 0 aromatic carbocycles. The molecule has 2 aliphatic carbocycles. The van der Waals surface area contributed by atoms with Crippen molar-refractivity contribution in [3.05, 3.63) is 24.3 Å². The fraction of sp³-hybridized carbons (Fsp3) is 0.500. The molecule has 0 aromatic rings. The summed E-state index contributed by atoms with van der Waals surface area (Å²) in [7, 11) is 0. The van der Waals surface area contributed by atoms with E-state index in [9.17, 15) is 4.79 Å². The molecule has 0 N–H and O–H groups in total. The zero-order valence-corrected chi connectivity index (χ0v) is 6.49. The third kappa shape index (κ3) is 1.28. The summed E-state index contributed by atoms with van der Waals surface area (Å²) in [6, 6.07) is 0. The molecular formula is C10H12O. The Morgan fingerprint density at radius 1 is 1.18 bits per heavy atom. The van der Waals surface area contributed by atoms with E-state index < -0.39 is 0 Å². The molecule has 1 saturated carbocycles. The molecule has 0 heterocycles. The quantitative estimate of drug-likeness (QED) is 0.556. The van der Waals surface area contributed by atoms with Gasteiger partial charge in [-0.1, -0.05) is 18.6 Å². The molecule has 1 fully saturated rings. The van der Waals surface area contributed by atoms with Crippen molar-refractivity contribution >= 4 is 5.78 Å². The van der Waals surface area contributed by atoms with Gasteiger partial charge in [0.25, 0.3) is 0 Å². The second-order valence-electron chi connectivity index (χ2n) is 3.39. The zero-order valence-electron chi connectivity index (χ0n) is 6.49. The predicted molar refractivity (Wildman–Crippen MR) is 44.1 cm³/mol. The number of ketones is 1. The molecule has 0 amide bonds. The molecule has 1 heteroatoms. The summed E-state index contributed by atoms with van der Waals surface area (Å²) < 4.78 is 0. The molecule has 0 bridgehead atoms. The summed E-state index contributed by atoms with van der Waals surface area (Å²) in [5.41, 5.74) is 0. The lowest BCUT2D eigenvalue weighted by molar-refractivity contribution is -0.110. The lowest BCUT2D eigenvalue weighted by Gasteiger charge is -2.30. The average molecular weight is 148 g/mol. The molecule has 2 aliphatic rings. The predicted octanol–water partition coefficient (Wildman–Crippen LogP) is 2.10. The molecule has 0 aromatic heterocycles. The van der Waals surface area contributed by atoms with Crippen molar-refractivity contribution in [2.75, 3.05) is 0 Å². The fourth-order valence-corrected chi connectivity index (χ4v) is 1.67. The van der Waals surface area contributed by atoms with Gasteiger partial charge in [-0.3, -0.25) is 4.79 Å². The van der Waals surface area contributed by atoms with Gasteiger partial charge in [-0.15, -0.1) is 0 Å². The second kappa shape index (κ2) is 2.65. The van der Waals surface area contributed by atoms with Crippen LogP contribution in [0.4, 0.5) is 0 Å². The van der Waals surface area contributed by atoms with Gasteiger partial charge in [0.1, 0.15) is 0 Å². The van der Waals surface area contributed by atoms with Crippen LogP contribution in [0.1, 0.15) is 19.3 Å². The fourth-order valence-electron chi connectivity index (χ4n) is 1.67. The van der Waals surface area contributed by atoms with Crippen molar-refractivity contribution in [3.8, 4) is 0 Å². The summed E-state index contributed by atoms with van der Waals surface area (Å²) >= 11 is 0. The molecule has 2 rings (SSSR count). The first-order valence-corrected chi connectivity index (χ1v) is 4.26. The maximum atomic E-state index is 10.8. The SMILES string of the molecule is O=C1C=CC(C2CCC2)C=C1. The van der Waals surface area contributed by atoms with Crippen LogP contribution < -0.4 is 0 Å². The lowest BCUT2D eigenvalue weighted by atomic mass is 9.74. The number of hydrogen-bond acceptors (Lipinski definition) is 1. The van der Waals surface area contributed by atoms with Crippen LogP contribution in [0.25, 0.3) is 0 Å². The van der Waals surface area contributed by atoms with Gasteiger partial charge in [0, 0.05) is 0 Å². The number of rotatable bonds is 1. The Bertz CT molecular complexity index is 205. The molecule has 0 saturated heterocycles. The highest BCUT2D eigenvalue weighted by Gasteiger charge is 2.24. The summed E-state index contributed by atoms with van der Waals surface area (Å²) in [5.74, 6) is 1.53. The molecule has 11 heavy (non-hydrogen) atoms. The van der Waals surface area contributed by atoms with Crippen LogP contribution in [0.5, 0.6) is 0 Å². The molecule has 58 valence electrons.